The summed E-state index contributed by atoms with van der Waals surface area (Å²) in [6, 6.07) is 4.18. The molecule has 92 valence electrons. The normalized spacial score (nSPS) is 11.9. The van der Waals surface area contributed by atoms with Crippen molar-refractivity contribution in [3.05, 3.63) is 29.3 Å². The van der Waals surface area contributed by atoms with Crippen molar-refractivity contribution in [3.8, 4) is 10.6 Å². The summed E-state index contributed by atoms with van der Waals surface area (Å²) >= 11 is 1.73. The molecular weight excluding hydrogens is 230 g/mol. The highest BCUT2D eigenvalue weighted by molar-refractivity contribution is 7.13. The molecular formula is C13H19N3S. The van der Waals surface area contributed by atoms with Crippen molar-refractivity contribution in [1.82, 2.24) is 15.5 Å². The van der Waals surface area contributed by atoms with Crippen LogP contribution in [0.5, 0.6) is 0 Å². The minimum atomic E-state index is 0.171. The number of nitrogens with one attached hydrogen (secondary N) is 2. The zero-order chi connectivity index (χ0) is 12.3. The zero-order valence-corrected chi connectivity index (χ0v) is 11.4. The number of H-pyrrole nitrogens is 1. The van der Waals surface area contributed by atoms with Crippen LogP contribution >= 0.6 is 11.3 Å². The SMILES string of the molecule is CCC(C)(C)NCc1cn[nH]c1-c1cccs1. The van der Waals surface area contributed by atoms with E-state index in [4.69, 9.17) is 0 Å². The number of nitrogens with zero attached hydrogens (tertiary/aromatic N) is 1. The number of aromatic nitrogens is 2. The largest absolute Gasteiger partial charge is 0.308 e. The molecule has 0 atom stereocenters. The number of thiophene rings is 1. The third kappa shape index (κ3) is 2.96. The van der Waals surface area contributed by atoms with E-state index in [1.54, 1.807) is 11.3 Å². The van der Waals surface area contributed by atoms with Crippen LogP contribution in [-0.4, -0.2) is 15.7 Å². The molecule has 0 unspecified atom stereocenters. The maximum Gasteiger partial charge on any atom is 0.0794 e. The lowest BCUT2D eigenvalue weighted by atomic mass is 10.0. The molecule has 0 aliphatic rings. The van der Waals surface area contributed by atoms with Crippen molar-refractivity contribution < 1.29 is 0 Å². The van der Waals surface area contributed by atoms with Gasteiger partial charge in [-0.05, 0) is 31.7 Å². The van der Waals surface area contributed by atoms with Gasteiger partial charge in [-0.15, -0.1) is 11.3 Å². The molecule has 0 radical (unpaired) electrons. The second-order valence-corrected chi connectivity index (χ2v) is 5.79. The summed E-state index contributed by atoms with van der Waals surface area (Å²) < 4.78 is 0. The van der Waals surface area contributed by atoms with Crippen molar-refractivity contribution in [2.24, 2.45) is 0 Å². The second-order valence-electron chi connectivity index (χ2n) is 4.84. The van der Waals surface area contributed by atoms with Gasteiger partial charge in [0.05, 0.1) is 16.8 Å². The topological polar surface area (TPSA) is 40.7 Å². The molecule has 0 saturated heterocycles. The van der Waals surface area contributed by atoms with Gasteiger partial charge in [-0.3, -0.25) is 5.10 Å². The summed E-state index contributed by atoms with van der Waals surface area (Å²) in [7, 11) is 0. The van der Waals surface area contributed by atoms with Crippen LogP contribution in [-0.2, 0) is 6.54 Å². The minimum Gasteiger partial charge on any atom is -0.308 e. The molecule has 0 spiro atoms. The predicted octanol–water partition coefficient (Wildman–Crippen LogP) is 3.42. The van der Waals surface area contributed by atoms with Gasteiger partial charge in [0.15, 0.2) is 0 Å². The van der Waals surface area contributed by atoms with Crippen LogP contribution in [0, 0.1) is 0 Å². The average molecular weight is 249 g/mol. The summed E-state index contributed by atoms with van der Waals surface area (Å²) in [5, 5.41) is 12.9. The van der Waals surface area contributed by atoms with E-state index >= 15 is 0 Å². The summed E-state index contributed by atoms with van der Waals surface area (Å²) in [5.74, 6) is 0. The van der Waals surface area contributed by atoms with Crippen molar-refractivity contribution in [2.75, 3.05) is 0 Å². The third-order valence-corrected chi connectivity index (χ3v) is 4.01. The molecule has 2 N–H and O–H groups in total. The Kier molecular flexibility index (Phi) is 3.64. The zero-order valence-electron chi connectivity index (χ0n) is 10.6. The molecule has 4 heteroatoms. The van der Waals surface area contributed by atoms with Crippen LogP contribution in [0.25, 0.3) is 10.6 Å². The molecule has 0 aliphatic carbocycles. The Labute approximate surface area is 106 Å². The molecule has 0 saturated carbocycles. The van der Waals surface area contributed by atoms with E-state index in [0.29, 0.717) is 0 Å². The first-order valence-corrected chi connectivity index (χ1v) is 6.81. The summed E-state index contributed by atoms with van der Waals surface area (Å²) in [6.45, 7) is 7.49. The van der Waals surface area contributed by atoms with Gasteiger partial charge in [-0.1, -0.05) is 13.0 Å². The molecule has 3 nitrogen and oxygen atoms in total. The minimum absolute atomic E-state index is 0.171. The van der Waals surface area contributed by atoms with E-state index in [2.05, 4.69) is 53.8 Å². The van der Waals surface area contributed by atoms with E-state index < -0.39 is 0 Å². The van der Waals surface area contributed by atoms with E-state index in [0.717, 1.165) is 18.7 Å². The van der Waals surface area contributed by atoms with Crippen LogP contribution in [0.1, 0.15) is 32.8 Å². The Morgan fingerprint density at radius 1 is 1.47 bits per heavy atom. The fraction of sp³-hybridized carbons (Fsp3) is 0.462. The average Bonchev–Trinajstić information content (AvgIpc) is 2.96. The third-order valence-electron chi connectivity index (χ3n) is 3.13. The smallest absolute Gasteiger partial charge is 0.0794 e. The maximum absolute atomic E-state index is 4.15. The van der Waals surface area contributed by atoms with Gasteiger partial charge in [0.2, 0.25) is 0 Å². The van der Waals surface area contributed by atoms with Crippen LogP contribution in [0.3, 0.4) is 0 Å². The lowest BCUT2D eigenvalue weighted by Gasteiger charge is -2.24. The van der Waals surface area contributed by atoms with Crippen LogP contribution in [0.15, 0.2) is 23.7 Å². The molecule has 2 aromatic heterocycles. The number of aromatic amines is 1. The Morgan fingerprint density at radius 3 is 2.94 bits per heavy atom. The van der Waals surface area contributed by atoms with Gasteiger partial charge in [0.25, 0.3) is 0 Å². The van der Waals surface area contributed by atoms with Crippen molar-refractivity contribution >= 4 is 11.3 Å². The highest BCUT2D eigenvalue weighted by Crippen LogP contribution is 2.26. The number of rotatable bonds is 5. The Morgan fingerprint density at radius 2 is 2.29 bits per heavy atom. The predicted molar refractivity (Wildman–Crippen MR) is 73.1 cm³/mol. The lowest BCUT2D eigenvalue weighted by molar-refractivity contribution is 0.375. The summed E-state index contributed by atoms with van der Waals surface area (Å²) in [5.41, 5.74) is 2.54. The van der Waals surface area contributed by atoms with E-state index in [9.17, 15) is 0 Å². The first-order chi connectivity index (χ1) is 8.12. The van der Waals surface area contributed by atoms with Crippen LogP contribution in [0.2, 0.25) is 0 Å². The van der Waals surface area contributed by atoms with Gasteiger partial charge < -0.3 is 5.32 Å². The molecule has 0 aromatic carbocycles. The Balaban J connectivity index is 2.10. The molecule has 0 bridgehead atoms. The Hall–Kier alpha value is -1.13. The van der Waals surface area contributed by atoms with Crippen LogP contribution < -0.4 is 5.32 Å². The monoisotopic (exact) mass is 249 g/mol. The number of hydrogen-bond acceptors (Lipinski definition) is 3. The van der Waals surface area contributed by atoms with Gasteiger partial charge in [0.1, 0.15) is 0 Å². The molecule has 2 aromatic rings. The van der Waals surface area contributed by atoms with E-state index in [1.807, 2.05) is 6.20 Å². The maximum atomic E-state index is 4.15. The highest BCUT2D eigenvalue weighted by atomic mass is 32.1. The van der Waals surface area contributed by atoms with Gasteiger partial charge in [-0.2, -0.15) is 5.10 Å². The molecule has 2 rings (SSSR count). The quantitative estimate of drug-likeness (QED) is 0.852. The first kappa shape index (κ1) is 12.3. The van der Waals surface area contributed by atoms with E-state index in [-0.39, 0.29) is 5.54 Å². The van der Waals surface area contributed by atoms with Crippen molar-refractivity contribution in [1.29, 1.82) is 0 Å². The lowest BCUT2D eigenvalue weighted by Crippen LogP contribution is -2.37. The van der Waals surface area contributed by atoms with Crippen molar-refractivity contribution in [3.63, 3.8) is 0 Å². The fourth-order valence-corrected chi connectivity index (χ4v) is 2.29. The fourth-order valence-electron chi connectivity index (χ4n) is 1.54. The molecule has 2 heterocycles. The summed E-state index contributed by atoms with van der Waals surface area (Å²) in [4.78, 5) is 1.24. The van der Waals surface area contributed by atoms with Gasteiger partial charge in [0, 0.05) is 17.6 Å². The molecule has 17 heavy (non-hydrogen) atoms. The molecule has 0 fully saturated rings. The standard InChI is InChI=1S/C13H19N3S/c1-4-13(2,3)14-8-10-9-15-16-12(10)11-6-5-7-17-11/h5-7,9,14H,4,8H2,1-3H3,(H,15,16). The second kappa shape index (κ2) is 5.02. The van der Waals surface area contributed by atoms with Gasteiger partial charge in [-0.25, -0.2) is 0 Å². The molecule has 0 amide bonds. The Bertz CT molecular complexity index is 457. The summed E-state index contributed by atoms with van der Waals surface area (Å²) in [6.07, 6.45) is 3.02. The first-order valence-electron chi connectivity index (χ1n) is 5.93. The van der Waals surface area contributed by atoms with Crippen LogP contribution in [0.4, 0.5) is 0 Å². The van der Waals surface area contributed by atoms with Crippen molar-refractivity contribution in [2.45, 2.75) is 39.3 Å². The highest BCUT2D eigenvalue weighted by Gasteiger charge is 2.15. The molecule has 0 aliphatic heterocycles. The number of hydrogen-bond donors (Lipinski definition) is 2. The van der Waals surface area contributed by atoms with E-state index in [1.165, 1.54) is 10.4 Å². The van der Waals surface area contributed by atoms with Gasteiger partial charge >= 0.3 is 0 Å².